The summed E-state index contributed by atoms with van der Waals surface area (Å²) in [6.07, 6.45) is 7.39. The summed E-state index contributed by atoms with van der Waals surface area (Å²) < 4.78 is 13.0. The minimum absolute atomic E-state index is 0. The van der Waals surface area contributed by atoms with Gasteiger partial charge in [0.05, 0.1) is 22.5 Å². The smallest absolute Gasteiger partial charge is 0.269 e. The van der Waals surface area contributed by atoms with E-state index in [1.807, 2.05) is 29.0 Å². The molecule has 0 saturated heterocycles. The SMILES string of the molecule is CC(C)(C)c1cc(-[n+]2[c-]n(-c3[c-]c(Oc4[c-]c5c(cc4)c4ccccc4n5-c4cc(C(C)(C)C)ccn4)ccn3)c3c(-c4ccccc4)cccc32)cc(C(C)(C)C)c1.[Pt]. The van der Waals surface area contributed by atoms with Crippen LogP contribution < -0.4 is 9.30 Å². The minimum atomic E-state index is -0.0491. The third-order valence-electron chi connectivity index (χ3n) is 11.2. The molecule has 0 aliphatic carbocycles. The number of benzene rings is 5. The Morgan fingerprint density at radius 3 is 1.97 bits per heavy atom. The van der Waals surface area contributed by atoms with Crippen LogP contribution >= 0.6 is 0 Å². The molecule has 0 fully saturated rings. The van der Waals surface area contributed by atoms with E-state index in [0.717, 1.165) is 55.5 Å². The van der Waals surface area contributed by atoms with Crippen LogP contribution in [0.1, 0.15) is 79.0 Å². The summed E-state index contributed by atoms with van der Waals surface area (Å²) in [6, 6.07) is 49.6. The first-order valence-electron chi connectivity index (χ1n) is 20.3. The molecule has 0 aliphatic rings. The topological polar surface area (TPSA) is 48.8 Å². The predicted octanol–water partition coefficient (Wildman–Crippen LogP) is 12.5. The molecule has 4 aromatic heterocycles. The molecule has 0 atom stereocenters. The second-order valence-corrected chi connectivity index (χ2v) is 18.5. The largest absolute Gasteiger partial charge is 0.522 e. The molecule has 0 radical (unpaired) electrons. The van der Waals surface area contributed by atoms with Gasteiger partial charge in [0, 0.05) is 38.5 Å². The third kappa shape index (κ3) is 7.58. The van der Waals surface area contributed by atoms with Crippen LogP contribution in [0.3, 0.4) is 0 Å². The molecule has 0 aliphatic heterocycles. The van der Waals surface area contributed by atoms with Crippen molar-refractivity contribution in [3.05, 3.63) is 169 Å². The Labute approximate surface area is 367 Å². The molecule has 4 heterocycles. The Balaban J connectivity index is 0.00000499. The third-order valence-corrected chi connectivity index (χ3v) is 11.2. The van der Waals surface area contributed by atoms with E-state index in [1.54, 1.807) is 6.20 Å². The Morgan fingerprint density at radius 1 is 0.583 bits per heavy atom. The van der Waals surface area contributed by atoms with Crippen molar-refractivity contribution in [3.8, 4) is 39.9 Å². The molecule has 60 heavy (non-hydrogen) atoms. The molecular formula is C53H49N5OPt-2. The second-order valence-electron chi connectivity index (χ2n) is 18.5. The number of hydrogen-bond acceptors (Lipinski definition) is 3. The molecule has 5 aromatic carbocycles. The van der Waals surface area contributed by atoms with Crippen molar-refractivity contribution < 1.29 is 30.4 Å². The number of nitrogens with zero attached hydrogens (tertiary/aromatic N) is 5. The van der Waals surface area contributed by atoms with E-state index < -0.39 is 0 Å². The summed E-state index contributed by atoms with van der Waals surface area (Å²) in [6.45, 7) is 20.3. The van der Waals surface area contributed by atoms with Gasteiger partial charge in [-0.3, -0.25) is 14.1 Å². The number of imidazole rings is 1. The number of aromatic nitrogens is 5. The first-order chi connectivity index (χ1) is 28.1. The van der Waals surface area contributed by atoms with Crippen LogP contribution in [0, 0.1) is 18.5 Å². The number of fused-ring (bicyclic) bond motifs is 4. The van der Waals surface area contributed by atoms with Gasteiger partial charge in [-0.05, 0) is 85.5 Å². The van der Waals surface area contributed by atoms with E-state index in [2.05, 4.69) is 193 Å². The van der Waals surface area contributed by atoms with Gasteiger partial charge in [0.25, 0.3) is 6.33 Å². The van der Waals surface area contributed by atoms with Gasteiger partial charge in [0.15, 0.2) is 0 Å². The van der Waals surface area contributed by atoms with Crippen LogP contribution in [0.25, 0.3) is 61.3 Å². The zero-order valence-electron chi connectivity index (χ0n) is 35.7. The normalized spacial score (nSPS) is 12.3. The Morgan fingerprint density at radius 2 is 1.25 bits per heavy atom. The monoisotopic (exact) mass is 966 g/mol. The van der Waals surface area contributed by atoms with Crippen molar-refractivity contribution >= 4 is 32.8 Å². The molecule has 0 amide bonds. The van der Waals surface area contributed by atoms with Crippen LogP contribution in [0.4, 0.5) is 0 Å². The minimum Gasteiger partial charge on any atom is -0.522 e. The van der Waals surface area contributed by atoms with Gasteiger partial charge in [-0.15, -0.1) is 17.5 Å². The fourth-order valence-corrected chi connectivity index (χ4v) is 7.79. The number of ether oxygens (including phenoxy) is 1. The molecule has 0 unspecified atom stereocenters. The Hall–Kier alpha value is -5.84. The number of para-hydroxylation sites is 2. The maximum Gasteiger partial charge on any atom is 0.269 e. The van der Waals surface area contributed by atoms with Crippen LogP contribution in [0.2, 0.25) is 0 Å². The number of hydrogen-bond donors (Lipinski definition) is 0. The standard InChI is InChI=1S/C53H49N5O.Pt/c1-51(2,3)36-24-26-55-49(31-36)58-45-20-14-13-18-43(45)44-23-22-40(32-47(44)58)59-41-25-27-54-48(33-41)57-34-56(39-29-37(52(4,5)6)28-38(30-39)53(7,8)9)46-21-15-19-42(50(46)57)35-16-11-10-12-17-35;/h10-31H,1-9H3;/q-2;. The average molecular weight is 967 g/mol. The van der Waals surface area contributed by atoms with Gasteiger partial charge in [-0.25, -0.2) is 4.98 Å². The maximum atomic E-state index is 6.62. The van der Waals surface area contributed by atoms with Crippen LogP contribution in [0.5, 0.6) is 11.5 Å². The fraction of sp³-hybridized carbons (Fsp3) is 0.226. The fourth-order valence-electron chi connectivity index (χ4n) is 7.79. The molecular weight excluding hydrogens is 918 g/mol. The summed E-state index contributed by atoms with van der Waals surface area (Å²) in [4.78, 5) is 9.72. The maximum absolute atomic E-state index is 6.62. The molecule has 9 aromatic rings. The van der Waals surface area contributed by atoms with E-state index in [0.29, 0.717) is 17.3 Å². The van der Waals surface area contributed by atoms with Crippen molar-refractivity contribution in [1.82, 2.24) is 19.1 Å². The molecule has 0 saturated carbocycles. The van der Waals surface area contributed by atoms with Crippen LogP contribution in [-0.4, -0.2) is 19.1 Å². The summed E-state index contributed by atoms with van der Waals surface area (Å²) in [7, 11) is 0. The molecule has 304 valence electrons. The van der Waals surface area contributed by atoms with E-state index in [9.17, 15) is 0 Å². The zero-order valence-corrected chi connectivity index (χ0v) is 37.9. The Bertz CT molecular complexity index is 3000. The summed E-state index contributed by atoms with van der Waals surface area (Å²) >= 11 is 0. The van der Waals surface area contributed by atoms with E-state index in [-0.39, 0.29) is 37.3 Å². The first kappa shape index (κ1) is 40.9. The van der Waals surface area contributed by atoms with Gasteiger partial charge >= 0.3 is 0 Å². The zero-order chi connectivity index (χ0) is 41.3. The van der Waals surface area contributed by atoms with Gasteiger partial charge in [-0.2, -0.15) is 18.2 Å². The molecule has 0 bridgehead atoms. The average Bonchev–Trinajstić information content (AvgIpc) is 3.77. The van der Waals surface area contributed by atoms with E-state index >= 15 is 0 Å². The van der Waals surface area contributed by atoms with Gasteiger partial charge < -0.3 is 9.30 Å². The summed E-state index contributed by atoms with van der Waals surface area (Å²) in [5, 5.41) is 2.21. The molecule has 0 spiro atoms. The van der Waals surface area contributed by atoms with Crippen LogP contribution in [-0.2, 0) is 37.3 Å². The molecule has 7 heteroatoms. The van der Waals surface area contributed by atoms with E-state index in [1.165, 1.54) is 16.7 Å². The Kier molecular flexibility index (Phi) is 10.4. The van der Waals surface area contributed by atoms with Gasteiger partial charge in [0.1, 0.15) is 5.82 Å². The molecule has 9 rings (SSSR count). The van der Waals surface area contributed by atoms with E-state index in [4.69, 9.17) is 14.7 Å². The predicted molar refractivity (Wildman–Crippen MR) is 239 cm³/mol. The van der Waals surface area contributed by atoms with Crippen molar-refractivity contribution in [2.75, 3.05) is 0 Å². The molecule has 0 N–H and O–H groups in total. The van der Waals surface area contributed by atoms with Crippen molar-refractivity contribution in [3.63, 3.8) is 0 Å². The van der Waals surface area contributed by atoms with Crippen molar-refractivity contribution in [1.29, 1.82) is 0 Å². The molecule has 6 nitrogen and oxygen atoms in total. The van der Waals surface area contributed by atoms with Crippen LogP contribution in [0.15, 0.2) is 134 Å². The summed E-state index contributed by atoms with van der Waals surface area (Å²) in [5.74, 6) is 2.49. The number of pyridine rings is 2. The van der Waals surface area contributed by atoms with Crippen molar-refractivity contribution in [2.45, 2.75) is 78.6 Å². The van der Waals surface area contributed by atoms with Gasteiger partial charge in [0.2, 0.25) is 0 Å². The second kappa shape index (κ2) is 15.3. The number of rotatable bonds is 6. The summed E-state index contributed by atoms with van der Waals surface area (Å²) in [5.41, 5.74) is 10.8. The van der Waals surface area contributed by atoms with Crippen molar-refractivity contribution in [2.24, 2.45) is 0 Å². The quantitative estimate of drug-likeness (QED) is 0.123. The first-order valence-corrected chi connectivity index (χ1v) is 20.3. The van der Waals surface area contributed by atoms with Gasteiger partial charge in [-0.1, -0.05) is 147 Å².